The Hall–Kier alpha value is -0.610. The second-order valence-electron chi connectivity index (χ2n) is 15.4. The zero-order valence-corrected chi connectivity index (χ0v) is 22.5. The monoisotopic (exact) mass is 472 g/mol. The molecule has 192 valence electrons. The van der Waals surface area contributed by atoms with E-state index in [-0.39, 0.29) is 33.0 Å². The van der Waals surface area contributed by atoms with Gasteiger partial charge in [0.1, 0.15) is 0 Å². The predicted molar refractivity (Wildman–Crippen MR) is 132 cm³/mol. The van der Waals surface area contributed by atoms with Crippen LogP contribution in [0.25, 0.3) is 0 Å². The topological polar surface area (TPSA) is 66.8 Å². The van der Waals surface area contributed by atoms with Crippen LogP contribution in [0.1, 0.15) is 112 Å². The fourth-order valence-electron chi connectivity index (χ4n) is 11.9. The molecule has 1 aliphatic heterocycles. The fraction of sp³-hybridized carbons (Fsp3) is 0.967. The van der Waals surface area contributed by atoms with E-state index >= 15 is 0 Å². The normalized spacial score (nSPS) is 62.7. The molecule has 0 aromatic carbocycles. The average Bonchev–Trinajstić information content (AvgIpc) is 2.92. The van der Waals surface area contributed by atoms with Crippen LogP contribution in [-0.4, -0.2) is 28.6 Å². The molecule has 4 heteroatoms. The Labute approximate surface area is 206 Å². The molecule has 2 N–H and O–H groups in total. The van der Waals surface area contributed by atoms with Crippen molar-refractivity contribution < 1.29 is 19.7 Å². The number of aliphatic carboxylic acids is 1. The minimum Gasteiger partial charge on any atom is -0.481 e. The van der Waals surface area contributed by atoms with Crippen molar-refractivity contribution in [2.75, 3.05) is 6.61 Å². The Kier molecular flexibility index (Phi) is 4.63. The van der Waals surface area contributed by atoms with Gasteiger partial charge in [-0.15, -0.1) is 0 Å². The van der Waals surface area contributed by atoms with Crippen molar-refractivity contribution in [3.8, 4) is 0 Å². The number of fused-ring (bicyclic) bond motifs is 7. The first kappa shape index (κ1) is 23.8. The molecule has 6 fully saturated rings. The zero-order valence-electron chi connectivity index (χ0n) is 22.5. The molecule has 6 aliphatic rings. The van der Waals surface area contributed by atoms with E-state index < -0.39 is 17.2 Å². The molecule has 1 heterocycles. The maximum absolute atomic E-state index is 12.3. The summed E-state index contributed by atoms with van der Waals surface area (Å²) in [5, 5.41) is 21.3. The van der Waals surface area contributed by atoms with Gasteiger partial charge in [0, 0.05) is 17.8 Å². The Balaban J connectivity index is 1.39. The molecule has 1 spiro atoms. The first-order chi connectivity index (χ1) is 15.7. The highest BCUT2D eigenvalue weighted by atomic mass is 16.6. The molecule has 2 bridgehead atoms. The third-order valence-corrected chi connectivity index (χ3v) is 14.6. The summed E-state index contributed by atoms with van der Waals surface area (Å²) in [6.07, 6.45) is 12.0. The number of rotatable bonds is 1. The third-order valence-electron chi connectivity index (χ3n) is 14.6. The van der Waals surface area contributed by atoms with Gasteiger partial charge in [-0.1, -0.05) is 34.6 Å². The summed E-state index contributed by atoms with van der Waals surface area (Å²) < 4.78 is 6.14. The molecule has 6 unspecified atom stereocenters. The van der Waals surface area contributed by atoms with Crippen molar-refractivity contribution in [1.29, 1.82) is 0 Å². The average molecular weight is 473 g/mol. The molecule has 4 nitrogen and oxygen atoms in total. The molecule has 0 aromatic rings. The zero-order chi connectivity index (χ0) is 24.6. The Morgan fingerprint density at radius 1 is 0.794 bits per heavy atom. The van der Waals surface area contributed by atoms with Gasteiger partial charge in [0.05, 0.1) is 12.0 Å². The number of carboxylic acid groups (broad SMARTS) is 1. The van der Waals surface area contributed by atoms with E-state index in [9.17, 15) is 15.0 Å². The number of aliphatic hydroxyl groups is 1. The van der Waals surface area contributed by atoms with Crippen LogP contribution in [-0.2, 0) is 9.53 Å². The van der Waals surface area contributed by atoms with Gasteiger partial charge >= 0.3 is 5.97 Å². The van der Waals surface area contributed by atoms with Crippen molar-refractivity contribution >= 4 is 5.97 Å². The van der Waals surface area contributed by atoms with Crippen LogP contribution in [0, 0.1) is 56.2 Å². The van der Waals surface area contributed by atoms with Crippen molar-refractivity contribution in [2.45, 2.75) is 118 Å². The Morgan fingerprint density at radius 3 is 2.12 bits per heavy atom. The van der Waals surface area contributed by atoms with E-state index in [1.54, 1.807) is 0 Å². The summed E-state index contributed by atoms with van der Waals surface area (Å²) in [6, 6.07) is 0. The third kappa shape index (κ3) is 2.51. The number of hydrogen-bond donors (Lipinski definition) is 2. The Bertz CT molecular complexity index is 917. The van der Waals surface area contributed by atoms with E-state index in [1.165, 1.54) is 38.5 Å². The minimum absolute atomic E-state index is 0.137. The molecule has 1 saturated heterocycles. The lowest BCUT2D eigenvalue weighted by Crippen LogP contribution is -2.68. The summed E-state index contributed by atoms with van der Waals surface area (Å²) >= 11 is 0. The van der Waals surface area contributed by atoms with Gasteiger partial charge in [-0.05, 0) is 111 Å². The van der Waals surface area contributed by atoms with Crippen LogP contribution in [0.3, 0.4) is 0 Å². The number of hydrogen-bond acceptors (Lipinski definition) is 3. The lowest BCUT2D eigenvalue weighted by molar-refractivity contribution is -0.267. The van der Waals surface area contributed by atoms with Gasteiger partial charge in [0.15, 0.2) is 5.79 Å². The van der Waals surface area contributed by atoms with Crippen LogP contribution in [0.15, 0.2) is 0 Å². The van der Waals surface area contributed by atoms with E-state index in [2.05, 4.69) is 34.6 Å². The second-order valence-corrected chi connectivity index (χ2v) is 15.4. The number of carboxylic acids is 1. The molecule has 11 atom stereocenters. The van der Waals surface area contributed by atoms with Crippen molar-refractivity contribution in [2.24, 2.45) is 56.2 Å². The van der Waals surface area contributed by atoms with Crippen LogP contribution in [0.4, 0.5) is 0 Å². The molecule has 34 heavy (non-hydrogen) atoms. The second kappa shape index (κ2) is 6.63. The minimum atomic E-state index is -0.900. The van der Waals surface area contributed by atoms with E-state index in [1.807, 2.05) is 6.92 Å². The smallest absolute Gasteiger partial charge is 0.309 e. The standard InChI is InChI=1S/C30H48O4/c1-19-29-9-7-20-26(4,21(29)8-10-30(19,33)34-18-29)14-16-28(6)22-17-25(3,23(31)32)12-11-24(22,2)13-15-27(20,28)5/h19-22,33H,7-18H2,1-6H3,(H,31,32)/t19?,20?,21?,22?,24-,25-,26-,27-,28+,29?,30?/m1/s1. The largest absolute Gasteiger partial charge is 0.481 e. The highest BCUT2D eigenvalue weighted by Gasteiger charge is 2.74. The summed E-state index contributed by atoms with van der Waals surface area (Å²) in [4.78, 5) is 12.3. The van der Waals surface area contributed by atoms with Crippen LogP contribution < -0.4 is 0 Å². The van der Waals surface area contributed by atoms with E-state index in [0.717, 1.165) is 38.7 Å². The molecule has 5 aliphatic carbocycles. The molecule has 6 rings (SSSR count). The van der Waals surface area contributed by atoms with Crippen molar-refractivity contribution in [1.82, 2.24) is 0 Å². The van der Waals surface area contributed by atoms with Crippen LogP contribution in [0.2, 0.25) is 0 Å². The number of carbonyl (C=O) groups is 1. The van der Waals surface area contributed by atoms with Gasteiger partial charge in [0.2, 0.25) is 0 Å². The summed E-state index contributed by atoms with van der Waals surface area (Å²) in [7, 11) is 0. The molecule has 5 saturated carbocycles. The summed E-state index contributed by atoms with van der Waals surface area (Å²) in [5.41, 5.74) is 0.569. The lowest BCUT2D eigenvalue weighted by Gasteiger charge is -2.74. The lowest BCUT2D eigenvalue weighted by atomic mass is 9.30. The van der Waals surface area contributed by atoms with E-state index in [4.69, 9.17) is 4.74 Å². The van der Waals surface area contributed by atoms with Crippen LogP contribution in [0.5, 0.6) is 0 Å². The quantitative estimate of drug-likeness (QED) is 0.448. The Morgan fingerprint density at radius 2 is 1.41 bits per heavy atom. The molecule has 0 amide bonds. The molecule has 0 radical (unpaired) electrons. The molecular formula is C30H48O4. The first-order valence-electron chi connectivity index (χ1n) is 14.3. The first-order valence-corrected chi connectivity index (χ1v) is 14.3. The highest BCUT2D eigenvalue weighted by Crippen LogP contribution is 2.79. The SMILES string of the molecule is CC1C2(O)CCC3C1(CCC1[C@@]3(C)CC[C@@]3(C)C4C[C@](C)(C(=O)O)CC[C@]4(C)CC[C@]13C)CO2. The van der Waals surface area contributed by atoms with Crippen LogP contribution >= 0.6 is 0 Å². The van der Waals surface area contributed by atoms with Gasteiger partial charge in [-0.3, -0.25) is 4.79 Å². The van der Waals surface area contributed by atoms with Gasteiger partial charge < -0.3 is 14.9 Å². The predicted octanol–water partition coefficient (Wildman–Crippen LogP) is 6.65. The van der Waals surface area contributed by atoms with Crippen molar-refractivity contribution in [3.05, 3.63) is 0 Å². The maximum Gasteiger partial charge on any atom is 0.309 e. The van der Waals surface area contributed by atoms with Gasteiger partial charge in [0.25, 0.3) is 0 Å². The molecular weight excluding hydrogens is 424 g/mol. The number of ether oxygens (including phenoxy) is 1. The fourth-order valence-corrected chi connectivity index (χ4v) is 11.9. The highest BCUT2D eigenvalue weighted by molar-refractivity contribution is 5.74. The van der Waals surface area contributed by atoms with Gasteiger partial charge in [-0.25, -0.2) is 0 Å². The molecule has 0 aromatic heterocycles. The van der Waals surface area contributed by atoms with Crippen molar-refractivity contribution in [3.63, 3.8) is 0 Å². The summed E-state index contributed by atoms with van der Waals surface area (Å²) in [5.74, 6) is 0.525. The van der Waals surface area contributed by atoms with Gasteiger partial charge in [-0.2, -0.15) is 0 Å². The summed E-state index contributed by atoms with van der Waals surface area (Å²) in [6.45, 7) is 15.3. The van der Waals surface area contributed by atoms with E-state index in [0.29, 0.717) is 17.8 Å². The maximum atomic E-state index is 12.3.